The molecular weight excluding hydrogens is 430 g/mol. The number of fused-ring (bicyclic) bond motifs is 1. The van der Waals surface area contributed by atoms with E-state index >= 15 is 0 Å². The number of amides is 3. The van der Waals surface area contributed by atoms with Crippen molar-refractivity contribution < 1.29 is 24.3 Å². The van der Waals surface area contributed by atoms with Crippen molar-refractivity contribution in [1.82, 2.24) is 20.8 Å². The van der Waals surface area contributed by atoms with Gasteiger partial charge in [0.15, 0.2) is 5.13 Å². The lowest BCUT2D eigenvalue weighted by Crippen LogP contribution is -2.27. The fraction of sp³-hybridized carbons (Fsp3) is 0.278. The second kappa shape index (κ2) is 10.6. The van der Waals surface area contributed by atoms with Crippen molar-refractivity contribution >= 4 is 55.9 Å². The van der Waals surface area contributed by atoms with Crippen LogP contribution in [0.4, 0.5) is 9.93 Å². The zero-order chi connectivity index (χ0) is 21.3. The predicted octanol–water partition coefficient (Wildman–Crippen LogP) is 2.45. The van der Waals surface area contributed by atoms with E-state index in [1.807, 2.05) is 24.3 Å². The third-order valence-electron chi connectivity index (χ3n) is 3.79. The Morgan fingerprint density at radius 2 is 1.97 bits per heavy atom. The van der Waals surface area contributed by atoms with Gasteiger partial charge >= 0.3 is 6.09 Å². The van der Waals surface area contributed by atoms with Crippen LogP contribution < -0.4 is 16.1 Å². The van der Waals surface area contributed by atoms with Crippen LogP contribution >= 0.6 is 22.7 Å². The first-order valence-corrected chi connectivity index (χ1v) is 10.7. The maximum atomic E-state index is 12.0. The second-order valence-corrected chi connectivity index (χ2v) is 8.06. The molecule has 0 aliphatic heterocycles. The number of aromatic nitrogens is 2. The lowest BCUT2D eigenvalue weighted by atomic mass is 10.3. The van der Waals surface area contributed by atoms with Gasteiger partial charge in [-0.25, -0.2) is 20.2 Å². The molecule has 0 aliphatic rings. The number of nitrogens with one attached hydrogen (secondary N) is 3. The summed E-state index contributed by atoms with van der Waals surface area (Å²) in [6.45, 7) is 0.361. The molecule has 0 spiro atoms. The van der Waals surface area contributed by atoms with Crippen LogP contribution in [0.15, 0.2) is 29.6 Å². The predicted molar refractivity (Wildman–Crippen MR) is 111 cm³/mol. The van der Waals surface area contributed by atoms with Crippen molar-refractivity contribution in [2.24, 2.45) is 0 Å². The molecule has 3 amide bonds. The van der Waals surface area contributed by atoms with E-state index in [0.717, 1.165) is 10.2 Å². The van der Waals surface area contributed by atoms with E-state index in [-0.39, 0.29) is 25.4 Å². The number of carbonyl (C=O) groups excluding carboxylic acids is 3. The number of ether oxygens (including phenoxy) is 1. The minimum atomic E-state index is -0.651. The van der Waals surface area contributed by atoms with E-state index in [0.29, 0.717) is 28.8 Å². The molecule has 0 saturated heterocycles. The van der Waals surface area contributed by atoms with Crippen LogP contribution in [0.25, 0.3) is 10.2 Å². The molecule has 12 heteroatoms. The number of thiazole rings is 2. The molecule has 3 rings (SSSR count). The molecule has 4 N–H and O–H groups in total. The van der Waals surface area contributed by atoms with Gasteiger partial charge in [-0.2, -0.15) is 0 Å². The molecule has 2 heterocycles. The molecule has 10 nitrogen and oxygen atoms in total. The average molecular weight is 450 g/mol. The largest absolute Gasteiger partial charge is 0.442 e. The Bertz CT molecular complexity index is 1000. The van der Waals surface area contributed by atoms with E-state index in [4.69, 9.17) is 9.94 Å². The molecule has 30 heavy (non-hydrogen) atoms. The number of benzene rings is 1. The van der Waals surface area contributed by atoms with Crippen molar-refractivity contribution in [3.05, 3.63) is 40.3 Å². The smallest absolute Gasteiger partial charge is 0.413 e. The lowest BCUT2D eigenvalue weighted by Gasteiger charge is -2.03. The quantitative estimate of drug-likeness (QED) is 0.223. The highest BCUT2D eigenvalue weighted by atomic mass is 32.1. The normalized spacial score (nSPS) is 10.6. The maximum Gasteiger partial charge on any atom is 0.413 e. The van der Waals surface area contributed by atoms with Crippen molar-refractivity contribution in [3.63, 3.8) is 0 Å². The highest BCUT2D eigenvalue weighted by Crippen LogP contribution is 2.22. The molecule has 0 fully saturated rings. The summed E-state index contributed by atoms with van der Waals surface area (Å²) in [7, 11) is 0. The monoisotopic (exact) mass is 449 g/mol. The van der Waals surface area contributed by atoms with Crippen molar-refractivity contribution in [2.45, 2.75) is 25.9 Å². The standard InChI is InChI=1S/C18H19N5O5S2/c24-14(23-27)6-3-7-19-15(25)8-11-10-29-17(20-11)22-18(26)28-9-16-21-12-4-1-2-5-13(12)30-16/h1-2,4-5,10,27H,3,6-9H2,(H,19,25)(H,23,24)(H,20,22,26). The van der Waals surface area contributed by atoms with Crippen LogP contribution in [0.1, 0.15) is 23.5 Å². The van der Waals surface area contributed by atoms with Crippen LogP contribution in [-0.2, 0) is 27.4 Å². The average Bonchev–Trinajstić information content (AvgIpc) is 3.35. The van der Waals surface area contributed by atoms with Gasteiger partial charge in [-0.1, -0.05) is 12.1 Å². The molecule has 158 valence electrons. The summed E-state index contributed by atoms with van der Waals surface area (Å²) in [6.07, 6.45) is -0.0873. The van der Waals surface area contributed by atoms with Gasteiger partial charge in [0.25, 0.3) is 0 Å². The molecular formula is C18H19N5O5S2. The zero-order valence-corrected chi connectivity index (χ0v) is 17.3. The minimum absolute atomic E-state index is 0.0468. The van der Waals surface area contributed by atoms with E-state index < -0.39 is 12.0 Å². The molecule has 0 radical (unpaired) electrons. The summed E-state index contributed by atoms with van der Waals surface area (Å²) in [5.41, 5.74) is 2.90. The number of hydroxylamine groups is 1. The SMILES string of the molecule is O=C(CCCNC(=O)Cc1csc(NC(=O)OCc2nc3ccccc3s2)n1)NO. The first-order valence-electron chi connectivity index (χ1n) is 8.96. The van der Waals surface area contributed by atoms with Crippen LogP contribution in [-0.4, -0.2) is 39.6 Å². The van der Waals surface area contributed by atoms with E-state index in [9.17, 15) is 14.4 Å². The number of hydrogen-bond acceptors (Lipinski definition) is 9. The number of hydrogen-bond donors (Lipinski definition) is 4. The first-order chi connectivity index (χ1) is 14.5. The summed E-state index contributed by atoms with van der Waals surface area (Å²) < 4.78 is 6.20. The Balaban J connectivity index is 1.39. The summed E-state index contributed by atoms with van der Waals surface area (Å²) in [5, 5.41) is 16.3. The molecule has 0 aliphatic carbocycles. The van der Waals surface area contributed by atoms with Gasteiger partial charge in [0, 0.05) is 18.3 Å². The summed E-state index contributed by atoms with van der Waals surface area (Å²) >= 11 is 2.64. The molecule has 0 saturated carbocycles. The number of rotatable bonds is 9. The zero-order valence-electron chi connectivity index (χ0n) is 15.7. The number of nitrogens with zero attached hydrogens (tertiary/aromatic N) is 2. The highest BCUT2D eigenvalue weighted by molar-refractivity contribution is 7.18. The van der Waals surface area contributed by atoms with E-state index in [2.05, 4.69) is 20.6 Å². The van der Waals surface area contributed by atoms with Gasteiger partial charge in [-0.05, 0) is 18.6 Å². The summed E-state index contributed by atoms with van der Waals surface area (Å²) in [5.74, 6) is -0.760. The highest BCUT2D eigenvalue weighted by Gasteiger charge is 2.12. The molecule has 0 bridgehead atoms. The van der Waals surface area contributed by atoms with Crippen molar-refractivity contribution in [1.29, 1.82) is 0 Å². The lowest BCUT2D eigenvalue weighted by molar-refractivity contribution is -0.129. The van der Waals surface area contributed by atoms with E-state index in [1.54, 1.807) is 5.38 Å². The van der Waals surface area contributed by atoms with Crippen LogP contribution in [0.3, 0.4) is 0 Å². The Kier molecular flexibility index (Phi) is 7.65. The molecule has 2 aromatic heterocycles. The second-order valence-electron chi connectivity index (χ2n) is 6.09. The Hall–Kier alpha value is -3.09. The Labute approximate surface area is 179 Å². The summed E-state index contributed by atoms with van der Waals surface area (Å²) in [6, 6.07) is 7.67. The van der Waals surface area contributed by atoms with Crippen molar-refractivity contribution in [2.75, 3.05) is 11.9 Å². The molecule has 1 aromatic carbocycles. The van der Waals surface area contributed by atoms with Gasteiger partial charge in [-0.15, -0.1) is 22.7 Å². The van der Waals surface area contributed by atoms with Gasteiger partial charge < -0.3 is 10.1 Å². The maximum absolute atomic E-state index is 12.0. The third-order valence-corrected chi connectivity index (χ3v) is 5.61. The van der Waals surface area contributed by atoms with Crippen molar-refractivity contribution in [3.8, 4) is 0 Å². The fourth-order valence-corrected chi connectivity index (χ4v) is 4.01. The first kappa shape index (κ1) is 21.6. The van der Waals surface area contributed by atoms with Crippen LogP contribution in [0, 0.1) is 0 Å². The topological polar surface area (TPSA) is 143 Å². The number of para-hydroxylation sites is 1. The fourth-order valence-electron chi connectivity index (χ4n) is 2.44. The Morgan fingerprint density at radius 1 is 1.13 bits per heavy atom. The number of carbonyl (C=O) groups is 3. The summed E-state index contributed by atoms with van der Waals surface area (Å²) in [4.78, 5) is 43.3. The molecule has 0 atom stereocenters. The van der Waals surface area contributed by atoms with Gasteiger partial charge in [0.2, 0.25) is 11.8 Å². The van der Waals surface area contributed by atoms with Gasteiger partial charge in [0.05, 0.1) is 22.3 Å². The molecule has 0 unspecified atom stereocenters. The van der Waals surface area contributed by atoms with Gasteiger partial charge in [0.1, 0.15) is 11.6 Å². The Morgan fingerprint density at radius 3 is 2.77 bits per heavy atom. The minimum Gasteiger partial charge on any atom is -0.442 e. The molecule has 3 aromatic rings. The van der Waals surface area contributed by atoms with Crippen LogP contribution in [0.5, 0.6) is 0 Å². The third kappa shape index (κ3) is 6.47. The van der Waals surface area contributed by atoms with Gasteiger partial charge in [-0.3, -0.25) is 20.1 Å². The number of anilines is 1. The van der Waals surface area contributed by atoms with E-state index in [1.165, 1.54) is 28.2 Å². The van der Waals surface area contributed by atoms with Crippen LogP contribution in [0.2, 0.25) is 0 Å².